The smallest absolute Gasteiger partial charge is 0.278 e. The van der Waals surface area contributed by atoms with E-state index in [1.165, 1.54) is 0 Å². The van der Waals surface area contributed by atoms with Crippen LogP contribution in [-0.4, -0.2) is 62.7 Å². The number of aryl methyl sites for hydroxylation is 5. The molecule has 0 fully saturated rings. The van der Waals surface area contributed by atoms with Gasteiger partial charge in [-0.15, -0.1) is 0 Å². The molecule has 0 atom stereocenters. The first-order valence-electron chi connectivity index (χ1n) is 16.9. The van der Waals surface area contributed by atoms with Crippen molar-refractivity contribution in [3.8, 4) is 0 Å². The number of carbonyl (C=O) groups is 4. The second-order valence-electron chi connectivity index (χ2n) is 12.8. The summed E-state index contributed by atoms with van der Waals surface area (Å²) in [5.74, 6) is -1.24. The summed E-state index contributed by atoms with van der Waals surface area (Å²) in [6, 6.07) is 11.8. The van der Waals surface area contributed by atoms with Gasteiger partial charge in [-0.25, -0.2) is 9.97 Å². The van der Waals surface area contributed by atoms with Crippen molar-refractivity contribution >= 4 is 57.6 Å². The van der Waals surface area contributed by atoms with Crippen molar-refractivity contribution in [1.82, 2.24) is 39.1 Å². The number of anilines is 2. The minimum absolute atomic E-state index is 0.301. The number of hydrogen-bond donors (Lipinski definition) is 5. The van der Waals surface area contributed by atoms with Gasteiger partial charge in [0.05, 0.1) is 27.8 Å². The lowest BCUT2D eigenvalue weighted by atomic mass is 10.0. The van der Waals surface area contributed by atoms with Crippen molar-refractivity contribution in [2.75, 3.05) is 10.6 Å². The van der Waals surface area contributed by atoms with Crippen molar-refractivity contribution in [3.63, 3.8) is 0 Å². The van der Waals surface area contributed by atoms with Crippen LogP contribution in [0.3, 0.4) is 0 Å². The van der Waals surface area contributed by atoms with Gasteiger partial charge in [-0.2, -0.15) is 10.2 Å². The fourth-order valence-corrected chi connectivity index (χ4v) is 6.66. The summed E-state index contributed by atoms with van der Waals surface area (Å²) >= 11 is 0. The largest absolute Gasteiger partial charge is 0.366 e. The molecular formula is C35H38N12O4. The first-order valence-corrected chi connectivity index (χ1v) is 16.9. The van der Waals surface area contributed by atoms with Crippen LogP contribution in [0.15, 0.2) is 42.5 Å². The van der Waals surface area contributed by atoms with Crippen LogP contribution in [0.5, 0.6) is 0 Å². The van der Waals surface area contributed by atoms with Crippen molar-refractivity contribution in [2.45, 2.75) is 72.0 Å². The molecule has 7 N–H and O–H groups in total. The Morgan fingerprint density at radius 2 is 1.29 bits per heavy atom. The number of aromatic nitrogens is 8. The van der Waals surface area contributed by atoms with E-state index in [-0.39, 0.29) is 5.91 Å². The van der Waals surface area contributed by atoms with Crippen LogP contribution >= 0.6 is 0 Å². The molecule has 0 saturated heterocycles. The number of fused-ring (bicyclic) bond motifs is 8. The van der Waals surface area contributed by atoms with E-state index in [9.17, 15) is 19.2 Å². The molecule has 0 bridgehead atoms. The summed E-state index contributed by atoms with van der Waals surface area (Å²) in [6.07, 6.45) is 4.26. The number of nitrogens with one attached hydrogen (secondary N) is 3. The molecule has 0 radical (unpaired) electrons. The van der Waals surface area contributed by atoms with Crippen molar-refractivity contribution in [1.29, 1.82) is 0 Å². The second-order valence-corrected chi connectivity index (χ2v) is 12.8. The SMILES string of the molecule is Cc1cc2n(n1)CCCCCc1c(n[nH]c1C)C(=O)Nc1nc3cc(C(N)=O)ccc3n1CCCCn1c(nc3cc(C(N)=O)ccc31)NC2=O. The number of primary amides is 2. The Hall–Kier alpha value is -6.32. The van der Waals surface area contributed by atoms with Gasteiger partial charge in [-0.05, 0) is 88.4 Å². The molecule has 5 heterocycles. The van der Waals surface area contributed by atoms with Crippen LogP contribution in [0.2, 0.25) is 0 Å². The Bertz CT molecular complexity index is 2280. The maximum Gasteiger partial charge on any atom is 0.278 e. The van der Waals surface area contributed by atoms with Gasteiger partial charge in [0, 0.05) is 42.0 Å². The summed E-state index contributed by atoms with van der Waals surface area (Å²) in [4.78, 5) is 60.7. The fourth-order valence-electron chi connectivity index (χ4n) is 6.66. The summed E-state index contributed by atoms with van der Waals surface area (Å²) in [5, 5.41) is 17.8. The number of benzene rings is 2. The quantitative estimate of drug-likeness (QED) is 0.179. The molecule has 0 unspecified atom stereocenters. The van der Waals surface area contributed by atoms with Gasteiger partial charge in [0.15, 0.2) is 5.69 Å². The van der Waals surface area contributed by atoms with E-state index in [4.69, 9.17) is 16.5 Å². The minimum Gasteiger partial charge on any atom is -0.366 e. The van der Waals surface area contributed by atoms with Gasteiger partial charge in [-0.1, -0.05) is 6.42 Å². The van der Waals surface area contributed by atoms with E-state index in [1.807, 2.05) is 23.0 Å². The molecule has 0 saturated carbocycles. The lowest BCUT2D eigenvalue weighted by Gasteiger charge is -2.13. The molecule has 0 spiro atoms. The van der Waals surface area contributed by atoms with Crippen LogP contribution in [0.4, 0.5) is 11.9 Å². The molecule has 16 nitrogen and oxygen atoms in total. The number of nitrogens with zero attached hydrogens (tertiary/aromatic N) is 7. The number of amides is 4. The highest BCUT2D eigenvalue weighted by molar-refractivity contribution is 6.05. The Balaban J connectivity index is 1.26. The number of hydrogen-bond acceptors (Lipinski definition) is 8. The van der Waals surface area contributed by atoms with Crippen molar-refractivity contribution in [3.05, 3.63) is 81.9 Å². The minimum atomic E-state index is -0.577. The summed E-state index contributed by atoms with van der Waals surface area (Å²) in [5.41, 5.74) is 17.3. The normalized spacial score (nSPS) is 14.9. The molecule has 6 aromatic rings. The third-order valence-corrected chi connectivity index (χ3v) is 9.25. The number of nitrogens with two attached hydrogens (primary N) is 2. The van der Waals surface area contributed by atoms with Crippen molar-refractivity contribution < 1.29 is 19.2 Å². The van der Waals surface area contributed by atoms with Crippen LogP contribution in [0, 0.1) is 13.8 Å². The number of carbonyl (C=O) groups excluding carboxylic acids is 4. The molecule has 4 aromatic heterocycles. The zero-order valence-corrected chi connectivity index (χ0v) is 28.3. The lowest BCUT2D eigenvalue weighted by molar-refractivity contribution is 0.0992. The molecule has 4 amide bonds. The van der Waals surface area contributed by atoms with Crippen LogP contribution in [0.25, 0.3) is 22.1 Å². The molecular weight excluding hydrogens is 652 g/mol. The highest BCUT2D eigenvalue weighted by Crippen LogP contribution is 2.26. The van der Waals surface area contributed by atoms with Crippen LogP contribution in [-0.2, 0) is 26.1 Å². The van der Waals surface area contributed by atoms with E-state index >= 15 is 0 Å². The van der Waals surface area contributed by atoms with Crippen LogP contribution in [0.1, 0.15) is 90.7 Å². The molecule has 262 valence electrons. The third-order valence-electron chi connectivity index (χ3n) is 9.25. The molecule has 2 aromatic carbocycles. The third kappa shape index (κ3) is 6.54. The zero-order chi connectivity index (χ0) is 35.8. The average Bonchev–Trinajstić information content (AvgIpc) is 3.84. The average molecular weight is 691 g/mol. The number of aromatic amines is 1. The van der Waals surface area contributed by atoms with Gasteiger partial charge in [0.25, 0.3) is 11.8 Å². The lowest BCUT2D eigenvalue weighted by Crippen LogP contribution is -2.20. The van der Waals surface area contributed by atoms with Gasteiger partial charge >= 0.3 is 0 Å². The van der Waals surface area contributed by atoms with E-state index in [2.05, 4.69) is 30.9 Å². The molecule has 0 aliphatic carbocycles. The predicted octanol–water partition coefficient (Wildman–Crippen LogP) is 3.83. The number of H-pyrrole nitrogens is 1. The molecule has 1 aliphatic rings. The monoisotopic (exact) mass is 690 g/mol. The Labute approximate surface area is 291 Å². The zero-order valence-electron chi connectivity index (χ0n) is 28.3. The topological polar surface area (TPSA) is 227 Å². The summed E-state index contributed by atoms with van der Waals surface area (Å²) in [6.45, 7) is 5.20. The summed E-state index contributed by atoms with van der Waals surface area (Å²) < 4.78 is 5.52. The maximum atomic E-state index is 13.7. The fraction of sp³-hybridized carbons (Fsp3) is 0.314. The van der Waals surface area contributed by atoms with Crippen LogP contribution < -0.4 is 22.1 Å². The first kappa shape index (κ1) is 33.2. The van der Waals surface area contributed by atoms with Gasteiger partial charge in [0.1, 0.15) is 5.69 Å². The molecule has 7 rings (SSSR count). The van der Waals surface area contributed by atoms with Gasteiger partial charge in [-0.3, -0.25) is 39.6 Å². The Morgan fingerprint density at radius 1 is 0.725 bits per heavy atom. The van der Waals surface area contributed by atoms with E-state index < -0.39 is 17.7 Å². The predicted molar refractivity (Wildman–Crippen MR) is 189 cm³/mol. The summed E-state index contributed by atoms with van der Waals surface area (Å²) in [7, 11) is 0. The van der Waals surface area contributed by atoms with E-state index in [0.717, 1.165) is 47.2 Å². The number of rotatable bonds is 2. The molecule has 16 heteroatoms. The Morgan fingerprint density at radius 3 is 1.88 bits per heavy atom. The first-order chi connectivity index (χ1) is 24.6. The second kappa shape index (κ2) is 13.5. The highest BCUT2D eigenvalue weighted by atomic mass is 16.2. The van der Waals surface area contributed by atoms with Gasteiger partial charge < -0.3 is 20.6 Å². The highest BCUT2D eigenvalue weighted by Gasteiger charge is 2.23. The van der Waals surface area contributed by atoms with E-state index in [1.54, 1.807) is 47.1 Å². The van der Waals surface area contributed by atoms with Gasteiger partial charge in [0.2, 0.25) is 23.7 Å². The van der Waals surface area contributed by atoms with Crippen molar-refractivity contribution in [2.24, 2.45) is 11.5 Å². The molecule has 1 aliphatic heterocycles. The van der Waals surface area contributed by atoms with E-state index in [0.29, 0.717) is 84.3 Å². The number of imidazole rings is 2. The maximum absolute atomic E-state index is 13.7. The molecule has 51 heavy (non-hydrogen) atoms. The standard InChI is InChI=1S/C35H38N12O4/c1-19-16-28-32(50)40-34-38-24-17-21(30(36)48)9-11-26(24)45(34)13-6-7-14-46-27-12-10-22(31(37)49)18-25(27)39-35(46)41-33(51)29-23(20(2)42-43-29)8-4-3-5-15-47(28)44-19/h9-12,16-18H,3-8,13-15H2,1-2H3,(H2,36,48)(H2,37,49)(H,42,43)(H,38,40,50)(H,39,41,51). The Kier molecular flexibility index (Phi) is 8.81.